The van der Waals surface area contributed by atoms with Crippen LogP contribution in [0.1, 0.15) is 15.9 Å². The molecule has 0 bridgehead atoms. The second kappa shape index (κ2) is 8.63. The zero-order chi connectivity index (χ0) is 20.1. The normalized spacial score (nSPS) is 10.3. The number of pyridine rings is 1. The van der Waals surface area contributed by atoms with Crippen LogP contribution >= 0.6 is 11.6 Å². The van der Waals surface area contributed by atoms with Crippen molar-refractivity contribution in [3.8, 4) is 11.5 Å². The predicted molar refractivity (Wildman–Crippen MR) is 111 cm³/mol. The summed E-state index contributed by atoms with van der Waals surface area (Å²) in [6.07, 6.45) is 1.50. The molecule has 1 aromatic heterocycles. The number of amides is 1. The Kier molecular flexibility index (Phi) is 6.01. The molecule has 28 heavy (non-hydrogen) atoms. The van der Waals surface area contributed by atoms with Gasteiger partial charge in [0, 0.05) is 23.0 Å². The Morgan fingerprint density at radius 3 is 2.50 bits per heavy atom. The fourth-order valence-electron chi connectivity index (χ4n) is 2.58. The molecule has 2 aromatic carbocycles. The molecule has 3 rings (SSSR count). The van der Waals surface area contributed by atoms with Gasteiger partial charge in [0.25, 0.3) is 5.91 Å². The van der Waals surface area contributed by atoms with Crippen LogP contribution in [0.15, 0.2) is 54.7 Å². The van der Waals surface area contributed by atoms with Gasteiger partial charge in [-0.25, -0.2) is 4.98 Å². The molecule has 1 amide bonds. The molecule has 0 spiro atoms. The monoisotopic (exact) mass is 397 g/mol. The number of carbonyl (C=O) groups is 1. The Morgan fingerprint density at radius 2 is 1.82 bits per heavy atom. The van der Waals surface area contributed by atoms with Crippen molar-refractivity contribution in [3.63, 3.8) is 0 Å². The molecule has 7 heteroatoms. The van der Waals surface area contributed by atoms with Crippen LogP contribution in [-0.4, -0.2) is 25.1 Å². The number of anilines is 3. The molecule has 0 saturated carbocycles. The fraction of sp³-hybridized carbons (Fsp3) is 0.143. The Bertz CT molecular complexity index is 991. The van der Waals surface area contributed by atoms with Crippen LogP contribution in [0.3, 0.4) is 0 Å². The smallest absolute Gasteiger partial charge is 0.257 e. The van der Waals surface area contributed by atoms with Crippen LogP contribution in [0.2, 0.25) is 5.02 Å². The van der Waals surface area contributed by atoms with E-state index in [1.54, 1.807) is 44.6 Å². The highest BCUT2D eigenvalue weighted by Crippen LogP contribution is 2.31. The molecule has 1 heterocycles. The number of rotatable bonds is 6. The van der Waals surface area contributed by atoms with Gasteiger partial charge in [0.1, 0.15) is 17.3 Å². The zero-order valence-corrected chi connectivity index (χ0v) is 16.5. The van der Waals surface area contributed by atoms with E-state index >= 15 is 0 Å². The van der Waals surface area contributed by atoms with Crippen molar-refractivity contribution in [3.05, 3.63) is 70.9 Å². The van der Waals surface area contributed by atoms with Crippen LogP contribution in [0.5, 0.6) is 11.5 Å². The molecule has 0 aliphatic rings. The van der Waals surface area contributed by atoms with Crippen molar-refractivity contribution >= 4 is 34.7 Å². The lowest BCUT2D eigenvalue weighted by Gasteiger charge is -2.12. The number of aryl methyl sites for hydroxylation is 1. The molecular formula is C21H20ClN3O3. The van der Waals surface area contributed by atoms with Crippen LogP contribution in [0, 0.1) is 6.92 Å². The maximum Gasteiger partial charge on any atom is 0.257 e. The number of aromatic nitrogens is 1. The van der Waals surface area contributed by atoms with Crippen molar-refractivity contribution in [2.24, 2.45) is 0 Å². The highest BCUT2D eigenvalue weighted by Gasteiger charge is 2.10. The van der Waals surface area contributed by atoms with E-state index in [4.69, 9.17) is 21.1 Å². The summed E-state index contributed by atoms with van der Waals surface area (Å²) >= 11 is 6.00. The lowest BCUT2D eigenvalue weighted by Crippen LogP contribution is -2.13. The summed E-state index contributed by atoms with van der Waals surface area (Å²) in [5.74, 6) is 1.66. The first-order chi connectivity index (χ1) is 13.5. The van der Waals surface area contributed by atoms with E-state index in [9.17, 15) is 4.79 Å². The van der Waals surface area contributed by atoms with E-state index < -0.39 is 0 Å². The predicted octanol–water partition coefficient (Wildman–Crippen LogP) is 5.06. The molecule has 0 aliphatic heterocycles. The standard InChI is InChI=1S/C21H20ClN3O3/c1-13-4-6-15(22)10-17(13)25-21(26)14-5-9-20(23-12-14)24-18-11-16(27-2)7-8-19(18)28-3/h4-12H,1-3H3,(H,23,24)(H,25,26). The van der Waals surface area contributed by atoms with E-state index in [1.165, 1.54) is 6.20 Å². The zero-order valence-electron chi connectivity index (χ0n) is 15.7. The van der Waals surface area contributed by atoms with Crippen LogP contribution < -0.4 is 20.1 Å². The summed E-state index contributed by atoms with van der Waals surface area (Å²) in [7, 11) is 3.19. The van der Waals surface area contributed by atoms with Gasteiger partial charge in [0.15, 0.2) is 0 Å². The number of ether oxygens (including phenoxy) is 2. The maximum absolute atomic E-state index is 12.5. The van der Waals surface area contributed by atoms with Gasteiger partial charge in [-0.3, -0.25) is 4.79 Å². The molecule has 6 nitrogen and oxygen atoms in total. The number of nitrogens with one attached hydrogen (secondary N) is 2. The van der Waals surface area contributed by atoms with Gasteiger partial charge in [0.2, 0.25) is 0 Å². The van der Waals surface area contributed by atoms with E-state index in [1.807, 2.05) is 25.1 Å². The minimum Gasteiger partial charge on any atom is -0.497 e. The number of benzene rings is 2. The molecule has 3 aromatic rings. The van der Waals surface area contributed by atoms with Gasteiger partial charge >= 0.3 is 0 Å². The van der Waals surface area contributed by atoms with Gasteiger partial charge < -0.3 is 20.1 Å². The van der Waals surface area contributed by atoms with Crippen molar-refractivity contribution in [2.75, 3.05) is 24.9 Å². The Labute approximate surface area is 168 Å². The average Bonchev–Trinajstić information content (AvgIpc) is 2.71. The van der Waals surface area contributed by atoms with Crippen molar-refractivity contribution < 1.29 is 14.3 Å². The fourth-order valence-corrected chi connectivity index (χ4v) is 2.75. The number of carbonyl (C=O) groups excluding carboxylic acids is 1. The summed E-state index contributed by atoms with van der Waals surface area (Å²) in [5, 5.41) is 6.58. The molecule has 0 unspecified atom stereocenters. The number of methoxy groups -OCH3 is 2. The van der Waals surface area contributed by atoms with Gasteiger partial charge in [-0.05, 0) is 48.9 Å². The average molecular weight is 398 g/mol. The molecule has 0 fully saturated rings. The number of hydrogen-bond acceptors (Lipinski definition) is 5. The lowest BCUT2D eigenvalue weighted by molar-refractivity contribution is 0.102. The Balaban J connectivity index is 1.75. The molecule has 0 saturated heterocycles. The first-order valence-electron chi connectivity index (χ1n) is 8.53. The van der Waals surface area contributed by atoms with Gasteiger partial charge in [-0.15, -0.1) is 0 Å². The number of halogens is 1. The summed E-state index contributed by atoms with van der Waals surface area (Å²) in [6, 6.07) is 14.2. The highest BCUT2D eigenvalue weighted by molar-refractivity contribution is 6.31. The van der Waals surface area contributed by atoms with Crippen molar-refractivity contribution in [1.82, 2.24) is 4.98 Å². The van der Waals surface area contributed by atoms with Gasteiger partial charge in [0.05, 0.1) is 25.5 Å². The third-order valence-electron chi connectivity index (χ3n) is 4.14. The van der Waals surface area contributed by atoms with E-state index in [0.29, 0.717) is 39.3 Å². The summed E-state index contributed by atoms with van der Waals surface area (Å²) in [6.45, 7) is 1.90. The van der Waals surface area contributed by atoms with E-state index in [2.05, 4.69) is 15.6 Å². The van der Waals surface area contributed by atoms with Crippen LogP contribution in [-0.2, 0) is 0 Å². The Morgan fingerprint density at radius 1 is 1.00 bits per heavy atom. The van der Waals surface area contributed by atoms with Crippen LogP contribution in [0.4, 0.5) is 17.2 Å². The molecule has 2 N–H and O–H groups in total. The second-order valence-electron chi connectivity index (χ2n) is 6.04. The quantitative estimate of drug-likeness (QED) is 0.608. The van der Waals surface area contributed by atoms with Gasteiger partial charge in [-0.1, -0.05) is 17.7 Å². The van der Waals surface area contributed by atoms with Crippen LogP contribution in [0.25, 0.3) is 0 Å². The number of nitrogens with zero attached hydrogens (tertiary/aromatic N) is 1. The second-order valence-corrected chi connectivity index (χ2v) is 6.47. The summed E-state index contributed by atoms with van der Waals surface area (Å²) < 4.78 is 10.6. The summed E-state index contributed by atoms with van der Waals surface area (Å²) in [5.41, 5.74) is 2.73. The lowest BCUT2D eigenvalue weighted by atomic mass is 10.2. The molecule has 0 atom stereocenters. The molecule has 144 valence electrons. The third kappa shape index (κ3) is 4.53. The third-order valence-corrected chi connectivity index (χ3v) is 4.38. The first kappa shape index (κ1) is 19.5. The highest BCUT2D eigenvalue weighted by atomic mass is 35.5. The minimum absolute atomic E-state index is 0.261. The Hall–Kier alpha value is -3.25. The number of hydrogen-bond donors (Lipinski definition) is 2. The SMILES string of the molecule is COc1ccc(OC)c(Nc2ccc(C(=O)Nc3cc(Cl)ccc3C)cn2)c1. The summed E-state index contributed by atoms with van der Waals surface area (Å²) in [4.78, 5) is 16.8. The first-order valence-corrected chi connectivity index (χ1v) is 8.90. The molecule has 0 aliphatic carbocycles. The van der Waals surface area contributed by atoms with Crippen molar-refractivity contribution in [2.45, 2.75) is 6.92 Å². The van der Waals surface area contributed by atoms with Gasteiger partial charge in [-0.2, -0.15) is 0 Å². The minimum atomic E-state index is -0.261. The van der Waals surface area contributed by atoms with E-state index in [-0.39, 0.29) is 5.91 Å². The van der Waals surface area contributed by atoms with E-state index in [0.717, 1.165) is 5.56 Å². The van der Waals surface area contributed by atoms with Crippen molar-refractivity contribution in [1.29, 1.82) is 0 Å². The molecular weight excluding hydrogens is 378 g/mol. The molecule has 0 radical (unpaired) electrons. The topological polar surface area (TPSA) is 72.5 Å². The largest absolute Gasteiger partial charge is 0.497 e. The maximum atomic E-state index is 12.5.